The van der Waals surface area contributed by atoms with Crippen LogP contribution in [0.4, 0.5) is 0 Å². The Morgan fingerprint density at radius 3 is 2.89 bits per heavy atom. The van der Waals surface area contributed by atoms with Gasteiger partial charge in [0.2, 0.25) is 0 Å². The number of hydrogen-bond donors (Lipinski definition) is 0. The molecule has 1 fully saturated rings. The molecule has 96 valence electrons. The first-order chi connectivity index (χ1) is 8.76. The summed E-state index contributed by atoms with van der Waals surface area (Å²) in [6, 6.07) is 7.53. The molecule has 2 atom stereocenters. The molecule has 0 aromatic heterocycles. The van der Waals surface area contributed by atoms with Crippen LogP contribution in [0, 0.1) is 17.2 Å². The van der Waals surface area contributed by atoms with Crippen molar-refractivity contribution >= 4 is 11.6 Å². The SMILES string of the molecule is CCC1CCCCC1Oc1cccc(Cl)c1C#N. The average Bonchev–Trinajstić information content (AvgIpc) is 2.40. The maximum atomic E-state index is 9.14. The summed E-state index contributed by atoms with van der Waals surface area (Å²) in [5.74, 6) is 1.24. The predicted octanol–water partition coefficient (Wildman–Crippen LogP) is 4.56. The van der Waals surface area contributed by atoms with Crippen LogP contribution >= 0.6 is 11.6 Å². The van der Waals surface area contributed by atoms with E-state index in [1.54, 1.807) is 6.07 Å². The molecule has 2 rings (SSSR count). The molecule has 0 heterocycles. The molecule has 1 aromatic rings. The Hall–Kier alpha value is -1.20. The molecule has 0 spiro atoms. The van der Waals surface area contributed by atoms with Crippen LogP contribution in [-0.2, 0) is 0 Å². The Morgan fingerprint density at radius 1 is 1.39 bits per heavy atom. The fourth-order valence-corrected chi connectivity index (χ4v) is 2.88. The largest absolute Gasteiger partial charge is 0.489 e. The van der Waals surface area contributed by atoms with Gasteiger partial charge in [0.25, 0.3) is 0 Å². The highest BCUT2D eigenvalue weighted by Crippen LogP contribution is 2.33. The fourth-order valence-electron chi connectivity index (χ4n) is 2.67. The minimum Gasteiger partial charge on any atom is -0.489 e. The lowest BCUT2D eigenvalue weighted by molar-refractivity contribution is 0.0901. The lowest BCUT2D eigenvalue weighted by Crippen LogP contribution is -2.30. The van der Waals surface area contributed by atoms with Gasteiger partial charge in [-0.15, -0.1) is 0 Å². The normalized spacial score (nSPS) is 23.4. The molecule has 0 amide bonds. The zero-order valence-corrected chi connectivity index (χ0v) is 11.4. The van der Waals surface area contributed by atoms with Gasteiger partial charge in [0.05, 0.1) is 5.02 Å². The van der Waals surface area contributed by atoms with Gasteiger partial charge in [-0.1, -0.05) is 31.0 Å². The quantitative estimate of drug-likeness (QED) is 0.801. The molecule has 2 unspecified atom stereocenters. The van der Waals surface area contributed by atoms with Crippen LogP contribution in [-0.4, -0.2) is 6.10 Å². The van der Waals surface area contributed by atoms with Crippen molar-refractivity contribution in [2.45, 2.75) is 45.1 Å². The zero-order chi connectivity index (χ0) is 13.0. The van der Waals surface area contributed by atoms with Crippen molar-refractivity contribution in [3.63, 3.8) is 0 Å². The number of nitrogens with zero attached hydrogens (tertiary/aromatic N) is 1. The second-order valence-electron chi connectivity index (χ2n) is 4.83. The van der Waals surface area contributed by atoms with Gasteiger partial charge < -0.3 is 4.74 Å². The van der Waals surface area contributed by atoms with Gasteiger partial charge in [0.1, 0.15) is 23.5 Å². The first-order valence-electron chi connectivity index (χ1n) is 6.61. The maximum absolute atomic E-state index is 9.14. The van der Waals surface area contributed by atoms with Crippen molar-refractivity contribution < 1.29 is 4.74 Å². The van der Waals surface area contributed by atoms with E-state index in [9.17, 15) is 0 Å². The van der Waals surface area contributed by atoms with E-state index in [4.69, 9.17) is 21.6 Å². The summed E-state index contributed by atoms with van der Waals surface area (Å²) in [7, 11) is 0. The van der Waals surface area contributed by atoms with Crippen molar-refractivity contribution in [1.82, 2.24) is 0 Å². The minimum absolute atomic E-state index is 0.231. The minimum atomic E-state index is 0.231. The summed E-state index contributed by atoms with van der Waals surface area (Å²) in [6.45, 7) is 2.20. The van der Waals surface area contributed by atoms with Crippen LogP contribution in [0.15, 0.2) is 18.2 Å². The first-order valence-corrected chi connectivity index (χ1v) is 6.99. The zero-order valence-electron chi connectivity index (χ0n) is 10.7. The number of benzene rings is 1. The molecule has 1 aliphatic rings. The highest BCUT2D eigenvalue weighted by molar-refractivity contribution is 6.31. The highest BCUT2D eigenvalue weighted by atomic mass is 35.5. The van der Waals surface area contributed by atoms with Crippen LogP contribution in [0.2, 0.25) is 5.02 Å². The van der Waals surface area contributed by atoms with Crippen LogP contribution in [0.5, 0.6) is 5.75 Å². The molecule has 0 radical (unpaired) electrons. The van der Waals surface area contributed by atoms with Crippen molar-refractivity contribution in [1.29, 1.82) is 5.26 Å². The van der Waals surface area contributed by atoms with Crippen LogP contribution in [0.25, 0.3) is 0 Å². The molecule has 1 aliphatic carbocycles. The Bertz CT molecular complexity index is 452. The molecule has 1 aromatic carbocycles. The molecular formula is C15H18ClNO. The summed E-state index contributed by atoms with van der Waals surface area (Å²) in [5, 5.41) is 9.61. The van der Waals surface area contributed by atoms with Gasteiger partial charge in [-0.05, 0) is 43.7 Å². The van der Waals surface area contributed by atoms with Gasteiger partial charge in [-0.3, -0.25) is 0 Å². The first kappa shape index (κ1) is 13.2. The maximum Gasteiger partial charge on any atom is 0.139 e. The molecule has 0 saturated heterocycles. The van der Waals surface area contributed by atoms with E-state index in [0.717, 1.165) is 12.8 Å². The fraction of sp³-hybridized carbons (Fsp3) is 0.533. The van der Waals surface area contributed by atoms with Crippen molar-refractivity contribution in [3.8, 4) is 11.8 Å². The molecular weight excluding hydrogens is 246 g/mol. The Morgan fingerprint density at radius 2 is 2.17 bits per heavy atom. The smallest absolute Gasteiger partial charge is 0.139 e. The third-order valence-corrected chi connectivity index (χ3v) is 4.04. The Kier molecular flexibility index (Phi) is 4.49. The van der Waals surface area contributed by atoms with E-state index in [0.29, 0.717) is 22.3 Å². The van der Waals surface area contributed by atoms with E-state index in [2.05, 4.69) is 13.0 Å². The lowest BCUT2D eigenvalue weighted by Gasteiger charge is -2.31. The third-order valence-electron chi connectivity index (χ3n) is 3.73. The molecule has 2 nitrogen and oxygen atoms in total. The molecule has 0 N–H and O–H groups in total. The van der Waals surface area contributed by atoms with E-state index in [1.165, 1.54) is 19.3 Å². The van der Waals surface area contributed by atoms with E-state index in [1.807, 2.05) is 12.1 Å². The van der Waals surface area contributed by atoms with Gasteiger partial charge in [-0.25, -0.2) is 0 Å². The van der Waals surface area contributed by atoms with E-state index >= 15 is 0 Å². The lowest BCUT2D eigenvalue weighted by atomic mass is 9.84. The summed E-state index contributed by atoms with van der Waals surface area (Å²) >= 11 is 6.01. The number of hydrogen-bond acceptors (Lipinski definition) is 2. The monoisotopic (exact) mass is 263 g/mol. The van der Waals surface area contributed by atoms with Gasteiger partial charge in [0, 0.05) is 0 Å². The topological polar surface area (TPSA) is 33.0 Å². The van der Waals surface area contributed by atoms with E-state index in [-0.39, 0.29) is 6.10 Å². The number of ether oxygens (including phenoxy) is 1. The summed E-state index contributed by atoms with van der Waals surface area (Å²) in [6.07, 6.45) is 6.17. The van der Waals surface area contributed by atoms with Gasteiger partial charge >= 0.3 is 0 Å². The van der Waals surface area contributed by atoms with Crippen molar-refractivity contribution in [2.24, 2.45) is 5.92 Å². The van der Waals surface area contributed by atoms with Gasteiger partial charge in [0.15, 0.2) is 0 Å². The predicted molar refractivity (Wildman–Crippen MR) is 72.8 cm³/mol. The van der Waals surface area contributed by atoms with Crippen molar-refractivity contribution in [2.75, 3.05) is 0 Å². The van der Waals surface area contributed by atoms with Crippen LogP contribution in [0.1, 0.15) is 44.6 Å². The van der Waals surface area contributed by atoms with Crippen LogP contribution in [0.3, 0.4) is 0 Å². The second kappa shape index (κ2) is 6.11. The van der Waals surface area contributed by atoms with Gasteiger partial charge in [-0.2, -0.15) is 5.26 Å². The Balaban J connectivity index is 2.18. The number of nitriles is 1. The van der Waals surface area contributed by atoms with Crippen molar-refractivity contribution in [3.05, 3.63) is 28.8 Å². The molecule has 0 aliphatic heterocycles. The van der Waals surface area contributed by atoms with E-state index < -0.39 is 0 Å². The molecule has 3 heteroatoms. The second-order valence-corrected chi connectivity index (χ2v) is 5.24. The van der Waals surface area contributed by atoms with Crippen LogP contribution < -0.4 is 4.74 Å². The molecule has 18 heavy (non-hydrogen) atoms. The Labute approximate surface area is 114 Å². The summed E-state index contributed by atoms with van der Waals surface area (Å²) in [4.78, 5) is 0. The standard InChI is InChI=1S/C15H18ClNO/c1-2-11-6-3-4-8-14(11)18-15-9-5-7-13(16)12(15)10-17/h5,7,9,11,14H,2-4,6,8H2,1H3. The number of halogens is 1. The number of rotatable bonds is 3. The third kappa shape index (κ3) is 2.79. The molecule has 1 saturated carbocycles. The highest BCUT2D eigenvalue weighted by Gasteiger charge is 2.26. The average molecular weight is 264 g/mol. The molecule has 0 bridgehead atoms. The summed E-state index contributed by atoms with van der Waals surface area (Å²) in [5.41, 5.74) is 0.458. The summed E-state index contributed by atoms with van der Waals surface area (Å²) < 4.78 is 6.05.